The van der Waals surface area contributed by atoms with Gasteiger partial charge >= 0.3 is 0 Å². The Morgan fingerprint density at radius 2 is 2.50 bits per heavy atom. The van der Waals surface area contributed by atoms with E-state index in [1.165, 1.54) is 10.5 Å². The van der Waals surface area contributed by atoms with Gasteiger partial charge in [0.05, 0.1) is 11.2 Å². The van der Waals surface area contributed by atoms with Crippen molar-refractivity contribution in [2.45, 2.75) is 20.3 Å². The molecule has 1 aromatic heterocycles. The van der Waals surface area contributed by atoms with E-state index in [9.17, 15) is 0 Å². The summed E-state index contributed by atoms with van der Waals surface area (Å²) in [6.45, 7) is 4.22. The highest BCUT2D eigenvalue weighted by Gasteiger charge is 1.98. The number of thiazole rings is 1. The molecule has 12 heavy (non-hydrogen) atoms. The Kier molecular flexibility index (Phi) is 3.95. The topological polar surface area (TPSA) is 12.9 Å². The summed E-state index contributed by atoms with van der Waals surface area (Å²) in [5, 5.41) is 0.959. The number of aromatic nitrogens is 1. The Bertz CT molecular complexity index is 272. The first kappa shape index (κ1) is 9.93. The zero-order valence-electron chi connectivity index (χ0n) is 7.30. The summed E-state index contributed by atoms with van der Waals surface area (Å²) in [7, 11) is 0. The Morgan fingerprint density at radius 1 is 1.75 bits per heavy atom. The van der Waals surface area contributed by atoms with Crippen molar-refractivity contribution >= 4 is 33.3 Å². The molecule has 0 spiro atoms. The molecule has 0 amide bonds. The summed E-state index contributed by atoms with van der Waals surface area (Å²) in [4.78, 5) is 5.48. The van der Waals surface area contributed by atoms with Crippen molar-refractivity contribution in [2.24, 2.45) is 0 Å². The second kappa shape index (κ2) is 4.77. The molecule has 0 unspecified atom stereocenters. The molecule has 0 radical (unpaired) electrons. The normalized spacial score (nSPS) is 12.1. The lowest BCUT2D eigenvalue weighted by atomic mass is 10.2. The van der Waals surface area contributed by atoms with Crippen LogP contribution < -0.4 is 0 Å². The highest BCUT2D eigenvalue weighted by molar-refractivity contribution is 9.09. The minimum absolute atomic E-state index is 0.959. The van der Waals surface area contributed by atoms with Crippen molar-refractivity contribution in [3.05, 3.63) is 21.7 Å². The molecule has 1 aromatic rings. The first-order valence-electron chi connectivity index (χ1n) is 3.93. The molecule has 0 aromatic carbocycles. The van der Waals surface area contributed by atoms with Gasteiger partial charge < -0.3 is 0 Å². The highest BCUT2D eigenvalue weighted by Crippen LogP contribution is 2.18. The summed E-state index contributed by atoms with van der Waals surface area (Å²) in [6, 6.07) is 0. The number of rotatable bonds is 3. The van der Waals surface area contributed by atoms with Gasteiger partial charge in [0.15, 0.2) is 0 Å². The molecule has 0 N–H and O–H groups in total. The number of hydrogen-bond donors (Lipinski definition) is 0. The zero-order valence-corrected chi connectivity index (χ0v) is 9.70. The summed E-state index contributed by atoms with van der Waals surface area (Å²) < 4.78 is 0. The predicted octanol–water partition coefficient (Wildman–Crippen LogP) is 3.64. The van der Waals surface area contributed by atoms with Crippen LogP contribution in [0.2, 0.25) is 0 Å². The fraction of sp³-hybridized carbons (Fsp3) is 0.444. The largest absolute Gasteiger partial charge is 0.249 e. The zero-order chi connectivity index (χ0) is 8.97. The number of allylic oxidation sites excluding steroid dienone is 1. The molecular formula is C9H12BrNS. The van der Waals surface area contributed by atoms with Crippen LogP contribution in [0.4, 0.5) is 0 Å². The van der Waals surface area contributed by atoms with Crippen LogP contribution in [0.1, 0.15) is 23.9 Å². The second-order valence-corrected chi connectivity index (χ2v) is 4.04. The van der Waals surface area contributed by atoms with Gasteiger partial charge in [0.2, 0.25) is 0 Å². The molecule has 0 bridgehead atoms. The Balaban J connectivity index is 2.85. The second-order valence-electron chi connectivity index (χ2n) is 2.59. The third-order valence-corrected chi connectivity index (χ3v) is 3.34. The van der Waals surface area contributed by atoms with Crippen LogP contribution in [-0.4, -0.2) is 10.3 Å². The summed E-state index contributed by atoms with van der Waals surface area (Å²) >= 11 is 5.16. The van der Waals surface area contributed by atoms with Gasteiger partial charge in [0.1, 0.15) is 0 Å². The van der Waals surface area contributed by atoms with Crippen molar-refractivity contribution in [1.29, 1.82) is 0 Å². The molecule has 0 saturated carbocycles. The number of aryl methyl sites for hydroxylation is 1. The van der Waals surface area contributed by atoms with E-state index in [1.807, 2.05) is 12.4 Å². The first-order chi connectivity index (χ1) is 5.77. The van der Waals surface area contributed by atoms with E-state index < -0.39 is 0 Å². The number of hydrogen-bond acceptors (Lipinski definition) is 2. The van der Waals surface area contributed by atoms with E-state index in [-0.39, 0.29) is 0 Å². The average Bonchev–Trinajstić information content (AvgIpc) is 2.47. The molecule has 1 rings (SSSR count). The number of nitrogens with zero attached hydrogens (tertiary/aromatic N) is 1. The minimum Gasteiger partial charge on any atom is -0.249 e. The Morgan fingerprint density at radius 3 is 2.92 bits per heavy atom. The van der Waals surface area contributed by atoms with E-state index in [4.69, 9.17) is 0 Å². The lowest BCUT2D eigenvalue weighted by Crippen LogP contribution is -1.81. The van der Waals surface area contributed by atoms with Gasteiger partial charge in [-0.2, -0.15) is 0 Å². The van der Waals surface area contributed by atoms with Crippen LogP contribution in [-0.2, 0) is 0 Å². The summed E-state index contributed by atoms with van der Waals surface area (Å²) in [5.74, 6) is 0. The third kappa shape index (κ3) is 2.42. The van der Waals surface area contributed by atoms with Crippen LogP contribution in [0.25, 0.3) is 6.08 Å². The molecule has 0 fully saturated rings. The van der Waals surface area contributed by atoms with Gasteiger partial charge in [0, 0.05) is 10.2 Å². The van der Waals surface area contributed by atoms with E-state index in [0.717, 1.165) is 17.4 Å². The lowest BCUT2D eigenvalue weighted by Gasteiger charge is -1.97. The van der Waals surface area contributed by atoms with Crippen LogP contribution in [0.5, 0.6) is 0 Å². The lowest BCUT2D eigenvalue weighted by molar-refractivity contribution is 1.12. The maximum Gasteiger partial charge on any atom is 0.0801 e. The molecule has 66 valence electrons. The fourth-order valence-electron chi connectivity index (χ4n) is 0.870. The summed E-state index contributed by atoms with van der Waals surface area (Å²) in [5.41, 5.74) is 4.44. The van der Waals surface area contributed by atoms with Crippen molar-refractivity contribution in [2.75, 3.05) is 5.33 Å². The molecule has 0 aliphatic carbocycles. The van der Waals surface area contributed by atoms with Crippen molar-refractivity contribution in [3.63, 3.8) is 0 Å². The molecular weight excluding hydrogens is 234 g/mol. The number of alkyl halides is 1. The quantitative estimate of drug-likeness (QED) is 0.742. The maximum atomic E-state index is 4.20. The van der Waals surface area contributed by atoms with E-state index in [2.05, 4.69) is 33.9 Å². The minimum atomic E-state index is 0.959. The molecule has 3 heteroatoms. The average molecular weight is 246 g/mol. The van der Waals surface area contributed by atoms with Crippen LogP contribution in [0.3, 0.4) is 0 Å². The molecule has 1 nitrogen and oxygen atoms in total. The van der Waals surface area contributed by atoms with Crippen LogP contribution in [0, 0.1) is 6.92 Å². The summed E-state index contributed by atoms with van der Waals surface area (Å²) in [6.07, 6.45) is 3.32. The predicted molar refractivity (Wildman–Crippen MR) is 58.9 cm³/mol. The van der Waals surface area contributed by atoms with Crippen LogP contribution >= 0.6 is 27.3 Å². The van der Waals surface area contributed by atoms with E-state index in [0.29, 0.717) is 0 Å². The standard InChI is InChI=1S/C9H12BrNS/c1-3-8(5-10)4-9-7(2)11-6-12-9/h4,6H,3,5H2,1-2H3. The number of halogens is 1. The third-order valence-electron chi connectivity index (χ3n) is 1.74. The molecule has 0 aliphatic heterocycles. The molecule has 0 atom stereocenters. The molecule has 1 heterocycles. The first-order valence-corrected chi connectivity index (χ1v) is 5.93. The maximum absolute atomic E-state index is 4.20. The van der Waals surface area contributed by atoms with Gasteiger partial charge in [-0.25, -0.2) is 4.98 Å². The fourth-order valence-corrected chi connectivity index (χ4v) is 2.21. The van der Waals surface area contributed by atoms with Gasteiger partial charge in [0.25, 0.3) is 0 Å². The van der Waals surface area contributed by atoms with Gasteiger partial charge in [-0.3, -0.25) is 0 Å². The van der Waals surface area contributed by atoms with Crippen molar-refractivity contribution in [3.8, 4) is 0 Å². The van der Waals surface area contributed by atoms with Gasteiger partial charge in [-0.05, 0) is 19.4 Å². The Labute approximate surface area is 85.7 Å². The Hall–Kier alpha value is -0.150. The smallest absolute Gasteiger partial charge is 0.0801 e. The van der Waals surface area contributed by atoms with E-state index in [1.54, 1.807) is 11.3 Å². The SMILES string of the molecule is CCC(=Cc1scnc1C)CBr. The van der Waals surface area contributed by atoms with Crippen molar-refractivity contribution < 1.29 is 0 Å². The monoisotopic (exact) mass is 245 g/mol. The van der Waals surface area contributed by atoms with Crippen LogP contribution in [0.15, 0.2) is 11.1 Å². The highest BCUT2D eigenvalue weighted by atomic mass is 79.9. The van der Waals surface area contributed by atoms with Gasteiger partial charge in [-0.1, -0.05) is 28.4 Å². The van der Waals surface area contributed by atoms with Crippen molar-refractivity contribution in [1.82, 2.24) is 4.98 Å². The van der Waals surface area contributed by atoms with E-state index >= 15 is 0 Å². The molecule has 0 aliphatic rings. The molecule has 0 saturated heterocycles. The van der Waals surface area contributed by atoms with Gasteiger partial charge in [-0.15, -0.1) is 11.3 Å².